The Labute approximate surface area is 114 Å². The van der Waals surface area contributed by atoms with Gasteiger partial charge in [-0.25, -0.2) is 8.42 Å². The van der Waals surface area contributed by atoms with E-state index in [1.807, 2.05) is 19.9 Å². The molecule has 0 aliphatic carbocycles. The fourth-order valence-electron chi connectivity index (χ4n) is 1.74. The van der Waals surface area contributed by atoms with Gasteiger partial charge in [-0.3, -0.25) is 0 Å². The first kappa shape index (κ1) is 15.3. The molecule has 0 spiro atoms. The van der Waals surface area contributed by atoms with Crippen molar-refractivity contribution in [2.75, 3.05) is 16.9 Å². The average Bonchev–Trinajstić information content (AvgIpc) is 2.29. The number of hydrogen-bond acceptors (Lipinski definition) is 3. The number of rotatable bonds is 7. The molecule has 1 rings (SSSR count). The van der Waals surface area contributed by atoms with E-state index in [0.29, 0.717) is 22.9 Å². The maximum Gasteiger partial charge on any atom is 0.180 e. The molecule has 0 saturated carbocycles. The van der Waals surface area contributed by atoms with Crippen molar-refractivity contribution in [2.24, 2.45) is 0 Å². The summed E-state index contributed by atoms with van der Waals surface area (Å²) < 4.78 is 24.3. The molecule has 18 heavy (non-hydrogen) atoms. The number of hydrogen-bond donors (Lipinski definition) is 1. The minimum absolute atomic E-state index is 0.153. The van der Waals surface area contributed by atoms with E-state index in [1.54, 1.807) is 18.2 Å². The van der Waals surface area contributed by atoms with E-state index >= 15 is 0 Å². The van der Waals surface area contributed by atoms with Gasteiger partial charge in [-0.05, 0) is 31.9 Å². The number of sulfone groups is 1. The van der Waals surface area contributed by atoms with Crippen LogP contribution in [0.1, 0.15) is 26.7 Å². The molecule has 0 radical (unpaired) electrons. The fraction of sp³-hybridized carbons (Fsp3) is 0.538. The van der Waals surface area contributed by atoms with E-state index in [2.05, 4.69) is 5.32 Å². The molecule has 1 atom stereocenters. The van der Waals surface area contributed by atoms with Gasteiger partial charge in [0, 0.05) is 11.9 Å². The predicted octanol–water partition coefficient (Wildman–Crippen LogP) is 3.30. The van der Waals surface area contributed by atoms with Gasteiger partial charge in [0.15, 0.2) is 9.84 Å². The van der Waals surface area contributed by atoms with E-state index in [4.69, 9.17) is 11.6 Å². The molecular formula is C13H20ClNO2S. The Morgan fingerprint density at radius 2 is 2.00 bits per heavy atom. The minimum atomic E-state index is -3.20. The summed E-state index contributed by atoms with van der Waals surface area (Å²) >= 11 is 5.68. The van der Waals surface area contributed by atoms with Crippen molar-refractivity contribution < 1.29 is 8.42 Å². The van der Waals surface area contributed by atoms with Crippen LogP contribution in [-0.2, 0) is 9.84 Å². The van der Waals surface area contributed by atoms with Gasteiger partial charge in [0.05, 0.1) is 16.3 Å². The smallest absolute Gasteiger partial charge is 0.180 e. The molecule has 1 unspecified atom stereocenters. The molecule has 0 fully saturated rings. The van der Waals surface area contributed by atoms with Gasteiger partial charge in [0.1, 0.15) is 0 Å². The van der Waals surface area contributed by atoms with Crippen LogP contribution in [0.15, 0.2) is 29.2 Å². The zero-order valence-electron chi connectivity index (χ0n) is 10.8. The van der Waals surface area contributed by atoms with Gasteiger partial charge < -0.3 is 5.32 Å². The number of benzene rings is 1. The third-order valence-electron chi connectivity index (χ3n) is 2.64. The highest BCUT2D eigenvalue weighted by Crippen LogP contribution is 2.23. The fourth-order valence-corrected chi connectivity index (χ4v) is 3.57. The van der Waals surface area contributed by atoms with Crippen LogP contribution in [0.2, 0.25) is 0 Å². The second kappa shape index (κ2) is 7.00. The lowest BCUT2D eigenvalue weighted by atomic mass is 10.2. The Bertz CT molecular complexity index is 474. The molecule has 0 amide bonds. The molecule has 0 heterocycles. The second-order valence-corrected chi connectivity index (χ2v) is 6.79. The van der Waals surface area contributed by atoms with Crippen molar-refractivity contribution in [2.45, 2.75) is 37.6 Å². The average molecular weight is 290 g/mol. The molecule has 102 valence electrons. The lowest BCUT2D eigenvalue weighted by molar-refractivity contribution is 0.594. The van der Waals surface area contributed by atoms with Crippen molar-refractivity contribution in [3.63, 3.8) is 0 Å². The van der Waals surface area contributed by atoms with Crippen LogP contribution in [0, 0.1) is 0 Å². The first-order valence-corrected chi connectivity index (χ1v) is 8.34. The summed E-state index contributed by atoms with van der Waals surface area (Å²) in [6, 6.07) is 7.19. The largest absolute Gasteiger partial charge is 0.381 e. The van der Waals surface area contributed by atoms with Crippen LogP contribution in [-0.4, -0.2) is 26.1 Å². The summed E-state index contributed by atoms with van der Waals surface area (Å²) in [6.07, 6.45) is 1.41. The Morgan fingerprint density at radius 1 is 1.33 bits per heavy atom. The van der Waals surface area contributed by atoms with Crippen LogP contribution >= 0.6 is 11.6 Å². The Hall–Kier alpha value is -0.740. The van der Waals surface area contributed by atoms with E-state index in [0.717, 1.165) is 6.42 Å². The van der Waals surface area contributed by atoms with Crippen LogP contribution in [0.25, 0.3) is 0 Å². The molecule has 5 heteroatoms. The summed E-state index contributed by atoms with van der Waals surface area (Å²) in [5.74, 6) is 0.730. The summed E-state index contributed by atoms with van der Waals surface area (Å²) in [5.41, 5.74) is 0.670. The summed E-state index contributed by atoms with van der Waals surface area (Å²) in [4.78, 5) is 0.383. The SMILES string of the molecule is CCCS(=O)(=O)c1ccccc1NC(C)CCCl. The second-order valence-electron chi connectivity index (χ2n) is 4.34. The number of alkyl halides is 1. The third kappa shape index (κ3) is 4.18. The van der Waals surface area contributed by atoms with Crippen LogP contribution in [0.3, 0.4) is 0 Å². The maximum atomic E-state index is 12.1. The quantitative estimate of drug-likeness (QED) is 0.784. The van der Waals surface area contributed by atoms with E-state index in [1.165, 1.54) is 0 Å². The molecule has 3 nitrogen and oxygen atoms in total. The molecule has 0 aromatic heterocycles. The van der Waals surface area contributed by atoms with Crippen LogP contribution in [0.4, 0.5) is 5.69 Å². The molecule has 1 aromatic rings. The minimum Gasteiger partial charge on any atom is -0.381 e. The van der Waals surface area contributed by atoms with Gasteiger partial charge in [-0.15, -0.1) is 11.6 Å². The van der Waals surface area contributed by atoms with Crippen molar-refractivity contribution >= 4 is 27.1 Å². The Morgan fingerprint density at radius 3 is 2.61 bits per heavy atom. The van der Waals surface area contributed by atoms with Crippen LogP contribution in [0.5, 0.6) is 0 Å². The van der Waals surface area contributed by atoms with Gasteiger partial charge in [0.25, 0.3) is 0 Å². The number of halogens is 1. The van der Waals surface area contributed by atoms with Crippen molar-refractivity contribution in [3.8, 4) is 0 Å². The predicted molar refractivity (Wildman–Crippen MR) is 77.2 cm³/mol. The van der Waals surface area contributed by atoms with Gasteiger partial charge >= 0.3 is 0 Å². The summed E-state index contributed by atoms with van der Waals surface area (Å²) in [6.45, 7) is 3.86. The Balaban J connectivity index is 3.00. The van der Waals surface area contributed by atoms with Gasteiger partial charge in [-0.1, -0.05) is 19.1 Å². The zero-order valence-corrected chi connectivity index (χ0v) is 12.4. The number of para-hydroxylation sites is 1. The molecular weight excluding hydrogens is 270 g/mol. The van der Waals surface area contributed by atoms with Gasteiger partial charge in [-0.2, -0.15) is 0 Å². The maximum absolute atomic E-state index is 12.1. The first-order chi connectivity index (χ1) is 8.51. The van der Waals surface area contributed by atoms with Crippen molar-refractivity contribution in [1.82, 2.24) is 0 Å². The molecule has 1 N–H and O–H groups in total. The summed E-state index contributed by atoms with van der Waals surface area (Å²) in [7, 11) is -3.20. The molecule has 0 aliphatic rings. The highest BCUT2D eigenvalue weighted by Gasteiger charge is 2.17. The topological polar surface area (TPSA) is 46.2 Å². The third-order valence-corrected chi connectivity index (χ3v) is 4.83. The molecule has 0 saturated heterocycles. The Kier molecular flexibility index (Phi) is 5.96. The van der Waals surface area contributed by atoms with Gasteiger partial charge in [0.2, 0.25) is 0 Å². The zero-order chi connectivity index (χ0) is 13.6. The van der Waals surface area contributed by atoms with Crippen molar-refractivity contribution in [3.05, 3.63) is 24.3 Å². The highest BCUT2D eigenvalue weighted by atomic mass is 35.5. The number of nitrogens with one attached hydrogen (secondary N) is 1. The monoisotopic (exact) mass is 289 g/mol. The molecule has 0 aliphatic heterocycles. The molecule has 1 aromatic carbocycles. The standard InChI is InChI=1S/C13H20ClNO2S/c1-3-10-18(16,17)13-7-5-4-6-12(13)15-11(2)8-9-14/h4-7,11,15H,3,8-10H2,1-2H3. The number of anilines is 1. The molecule has 0 bridgehead atoms. The van der Waals surface area contributed by atoms with E-state index < -0.39 is 9.84 Å². The normalized spacial score (nSPS) is 13.3. The van der Waals surface area contributed by atoms with Crippen LogP contribution < -0.4 is 5.32 Å². The van der Waals surface area contributed by atoms with E-state index in [-0.39, 0.29) is 11.8 Å². The first-order valence-electron chi connectivity index (χ1n) is 6.15. The lowest BCUT2D eigenvalue weighted by Gasteiger charge is -2.17. The summed E-state index contributed by atoms with van der Waals surface area (Å²) in [5, 5.41) is 3.21. The highest BCUT2D eigenvalue weighted by molar-refractivity contribution is 7.91. The lowest BCUT2D eigenvalue weighted by Crippen LogP contribution is -2.18. The van der Waals surface area contributed by atoms with Crippen molar-refractivity contribution in [1.29, 1.82) is 0 Å². The van der Waals surface area contributed by atoms with E-state index in [9.17, 15) is 8.42 Å².